The number of hydrogen-bond donors (Lipinski definition) is 0. The van der Waals surface area contributed by atoms with E-state index in [0.717, 1.165) is 33.5 Å². The fraction of sp³-hybridized carbons (Fsp3) is 0.222. The topological polar surface area (TPSA) is 34.5 Å². The summed E-state index contributed by atoms with van der Waals surface area (Å²) in [6.45, 7) is 4.93. The molecule has 4 heteroatoms. The Labute approximate surface area is 182 Å². The Morgan fingerprint density at radius 1 is 0.968 bits per heavy atom. The van der Waals surface area contributed by atoms with E-state index in [1.54, 1.807) is 7.11 Å². The largest absolute Gasteiger partial charge is 0.497 e. The quantitative estimate of drug-likeness (QED) is 0.410. The van der Waals surface area contributed by atoms with Crippen molar-refractivity contribution in [1.29, 1.82) is 0 Å². The second-order valence-electron chi connectivity index (χ2n) is 8.43. The first kappa shape index (κ1) is 19.4. The molecule has 0 radical (unpaired) electrons. The second kappa shape index (κ2) is 7.62. The number of rotatable bonds is 5. The molecule has 1 aliphatic heterocycles. The van der Waals surface area contributed by atoms with Crippen molar-refractivity contribution in [3.63, 3.8) is 0 Å². The van der Waals surface area contributed by atoms with Crippen molar-refractivity contribution < 1.29 is 9.53 Å². The minimum absolute atomic E-state index is 0.0811. The van der Waals surface area contributed by atoms with Crippen molar-refractivity contribution >= 4 is 22.5 Å². The van der Waals surface area contributed by atoms with E-state index in [1.807, 2.05) is 41.4 Å². The summed E-state index contributed by atoms with van der Waals surface area (Å²) in [5.74, 6) is 1.33. The highest BCUT2D eigenvalue weighted by molar-refractivity contribution is 6.05. The van der Waals surface area contributed by atoms with E-state index in [9.17, 15) is 4.79 Å². The lowest BCUT2D eigenvalue weighted by Gasteiger charge is -2.19. The molecule has 31 heavy (non-hydrogen) atoms. The lowest BCUT2D eigenvalue weighted by molar-refractivity contribution is -0.119. The Morgan fingerprint density at radius 3 is 2.48 bits per heavy atom. The van der Waals surface area contributed by atoms with Gasteiger partial charge in [0, 0.05) is 17.3 Å². The van der Waals surface area contributed by atoms with Crippen LogP contribution in [0, 0.1) is 0 Å². The van der Waals surface area contributed by atoms with Gasteiger partial charge in [0.1, 0.15) is 11.8 Å². The zero-order chi connectivity index (χ0) is 21.5. The molecule has 5 rings (SSSR count). The molecular weight excluding hydrogens is 384 g/mol. The summed E-state index contributed by atoms with van der Waals surface area (Å²) < 4.78 is 7.56. The third kappa shape index (κ3) is 3.28. The highest BCUT2D eigenvalue weighted by atomic mass is 16.5. The van der Waals surface area contributed by atoms with Gasteiger partial charge in [-0.25, -0.2) is 0 Å². The molecule has 0 spiro atoms. The van der Waals surface area contributed by atoms with Crippen molar-refractivity contribution in [2.75, 3.05) is 12.0 Å². The van der Waals surface area contributed by atoms with Gasteiger partial charge >= 0.3 is 0 Å². The maximum Gasteiger partial charge on any atom is 0.255 e. The van der Waals surface area contributed by atoms with Gasteiger partial charge in [-0.2, -0.15) is 0 Å². The van der Waals surface area contributed by atoms with Crippen LogP contribution in [-0.2, 0) is 11.3 Å². The average molecular weight is 411 g/mol. The van der Waals surface area contributed by atoms with Crippen LogP contribution in [0.3, 0.4) is 0 Å². The number of aromatic nitrogens is 1. The maximum absolute atomic E-state index is 13.7. The van der Waals surface area contributed by atoms with Crippen LogP contribution in [0.1, 0.15) is 42.5 Å². The molecule has 1 atom stereocenters. The molecule has 1 aliphatic rings. The number of nitrogens with zero attached hydrogens (tertiary/aromatic N) is 2. The van der Waals surface area contributed by atoms with Crippen LogP contribution < -0.4 is 9.64 Å². The van der Waals surface area contributed by atoms with Gasteiger partial charge < -0.3 is 14.2 Å². The fourth-order valence-corrected chi connectivity index (χ4v) is 4.48. The molecule has 4 aromatic rings. The molecule has 1 unspecified atom stereocenters. The normalized spacial score (nSPS) is 15.7. The summed E-state index contributed by atoms with van der Waals surface area (Å²) >= 11 is 0. The van der Waals surface area contributed by atoms with Crippen LogP contribution >= 0.6 is 0 Å². The van der Waals surface area contributed by atoms with E-state index in [1.165, 1.54) is 5.56 Å². The lowest BCUT2D eigenvalue weighted by atomic mass is 10.0. The van der Waals surface area contributed by atoms with E-state index >= 15 is 0 Å². The summed E-state index contributed by atoms with van der Waals surface area (Å²) in [6, 6.07) is 24.3. The number of methoxy groups -OCH3 is 1. The summed E-state index contributed by atoms with van der Waals surface area (Å²) in [4.78, 5) is 15.6. The highest BCUT2D eigenvalue weighted by Gasteiger charge is 2.39. The fourth-order valence-electron chi connectivity index (χ4n) is 4.48. The van der Waals surface area contributed by atoms with Gasteiger partial charge in [0.2, 0.25) is 0 Å². The molecule has 4 nitrogen and oxygen atoms in total. The van der Waals surface area contributed by atoms with E-state index < -0.39 is 6.04 Å². The van der Waals surface area contributed by atoms with Crippen LogP contribution in [0.2, 0.25) is 0 Å². The molecule has 0 saturated heterocycles. The van der Waals surface area contributed by atoms with Crippen LogP contribution in [0.5, 0.6) is 5.75 Å². The zero-order valence-electron chi connectivity index (χ0n) is 18.1. The van der Waals surface area contributed by atoms with Gasteiger partial charge in [-0.15, -0.1) is 0 Å². The van der Waals surface area contributed by atoms with E-state index in [2.05, 4.69) is 60.9 Å². The Morgan fingerprint density at radius 2 is 1.74 bits per heavy atom. The van der Waals surface area contributed by atoms with Crippen molar-refractivity contribution in [1.82, 2.24) is 4.57 Å². The zero-order valence-corrected chi connectivity index (χ0v) is 18.1. The van der Waals surface area contributed by atoms with E-state index in [0.29, 0.717) is 12.5 Å². The molecule has 2 heterocycles. The number of ether oxygens (including phenoxy) is 1. The predicted molar refractivity (Wildman–Crippen MR) is 125 cm³/mol. The number of fused-ring (bicyclic) bond motifs is 2. The van der Waals surface area contributed by atoms with Crippen LogP contribution in [-0.4, -0.2) is 17.6 Å². The minimum Gasteiger partial charge on any atom is -0.497 e. The summed E-state index contributed by atoms with van der Waals surface area (Å²) in [5.41, 5.74) is 5.40. The lowest BCUT2D eigenvalue weighted by Crippen LogP contribution is -2.30. The van der Waals surface area contributed by atoms with E-state index in [4.69, 9.17) is 4.74 Å². The molecule has 1 aromatic heterocycles. The summed E-state index contributed by atoms with van der Waals surface area (Å²) in [5, 5.41) is 1.13. The number of anilines is 1. The van der Waals surface area contributed by atoms with Crippen LogP contribution in [0.15, 0.2) is 79.0 Å². The molecular formula is C27H26N2O2. The molecule has 0 aliphatic carbocycles. The van der Waals surface area contributed by atoms with Gasteiger partial charge in [0.15, 0.2) is 0 Å². The Bertz CT molecular complexity index is 1250. The molecule has 0 bridgehead atoms. The Hall–Kier alpha value is -3.53. The second-order valence-corrected chi connectivity index (χ2v) is 8.43. The first-order valence-corrected chi connectivity index (χ1v) is 10.7. The summed E-state index contributed by atoms with van der Waals surface area (Å²) in [7, 11) is 1.66. The SMILES string of the molecule is COc1ccc2c(c1)C(n1ccc3ccccc31)C(=O)N2Cc1ccc(C(C)C)cc1. The Kier molecular flexibility index (Phi) is 4.78. The number of carbonyl (C=O) groups excluding carboxylic acids is 1. The maximum atomic E-state index is 13.7. The third-order valence-electron chi connectivity index (χ3n) is 6.21. The van der Waals surface area contributed by atoms with Gasteiger partial charge in [-0.05, 0) is 52.8 Å². The van der Waals surface area contributed by atoms with Crippen LogP contribution in [0.4, 0.5) is 5.69 Å². The molecule has 1 amide bonds. The number of para-hydroxylation sites is 1. The van der Waals surface area contributed by atoms with Gasteiger partial charge in [-0.1, -0.05) is 56.3 Å². The van der Waals surface area contributed by atoms with Crippen molar-refractivity contribution in [2.45, 2.75) is 32.4 Å². The highest BCUT2D eigenvalue weighted by Crippen LogP contribution is 2.42. The molecule has 3 aromatic carbocycles. The van der Waals surface area contributed by atoms with E-state index in [-0.39, 0.29) is 5.91 Å². The average Bonchev–Trinajstić information content (AvgIpc) is 3.32. The van der Waals surface area contributed by atoms with Gasteiger partial charge in [-0.3, -0.25) is 4.79 Å². The van der Waals surface area contributed by atoms with Gasteiger partial charge in [0.05, 0.1) is 19.3 Å². The third-order valence-corrected chi connectivity index (χ3v) is 6.21. The smallest absolute Gasteiger partial charge is 0.255 e. The van der Waals surface area contributed by atoms with Crippen LogP contribution in [0.25, 0.3) is 10.9 Å². The predicted octanol–water partition coefficient (Wildman–Crippen LogP) is 5.91. The summed E-state index contributed by atoms with van der Waals surface area (Å²) in [6.07, 6.45) is 2.01. The van der Waals surface area contributed by atoms with Crippen molar-refractivity contribution in [2.24, 2.45) is 0 Å². The van der Waals surface area contributed by atoms with Crippen molar-refractivity contribution in [3.8, 4) is 5.75 Å². The van der Waals surface area contributed by atoms with Crippen molar-refractivity contribution in [3.05, 3.63) is 95.7 Å². The standard InChI is InChI=1S/C27H26N2O2/c1-18(2)20-10-8-19(9-11-20)17-29-25-13-12-22(31-3)16-23(25)26(27(29)30)28-15-14-21-6-4-5-7-24(21)28/h4-16,18,26H,17H2,1-3H3. The molecule has 156 valence electrons. The molecule has 0 fully saturated rings. The molecule has 0 saturated carbocycles. The Balaban J connectivity index is 1.57. The number of amides is 1. The first-order chi connectivity index (χ1) is 15.1. The molecule has 0 N–H and O–H groups in total. The monoisotopic (exact) mass is 410 g/mol. The minimum atomic E-state index is -0.403. The first-order valence-electron chi connectivity index (χ1n) is 10.7. The number of benzene rings is 3. The number of hydrogen-bond acceptors (Lipinski definition) is 2. The number of carbonyl (C=O) groups is 1. The van der Waals surface area contributed by atoms with Gasteiger partial charge in [0.25, 0.3) is 5.91 Å².